The molecule has 5 aromatic rings. The fourth-order valence-corrected chi connectivity index (χ4v) is 3.75. The summed E-state index contributed by atoms with van der Waals surface area (Å²) in [5, 5.41) is 11.4. The number of rotatable bonds is 11. The SMILES string of the molecule is COc1cc(/C=N\Nc2nc(Nc3ccccc3)nc(Nc3ccccc3)n2)ccc1OCc1ccc(Cl)cc1. The van der Waals surface area contributed by atoms with Gasteiger partial charge in [-0.3, -0.25) is 0 Å². The number of nitrogens with zero attached hydrogens (tertiary/aromatic N) is 4. The molecule has 9 nitrogen and oxygen atoms in total. The minimum Gasteiger partial charge on any atom is -0.493 e. The molecule has 0 aliphatic rings. The van der Waals surface area contributed by atoms with Gasteiger partial charge in [0, 0.05) is 16.4 Å². The highest BCUT2D eigenvalue weighted by atomic mass is 35.5. The van der Waals surface area contributed by atoms with E-state index < -0.39 is 0 Å². The van der Waals surface area contributed by atoms with Crippen LogP contribution in [0.15, 0.2) is 108 Å². The molecule has 5 rings (SSSR count). The van der Waals surface area contributed by atoms with Gasteiger partial charge in [0.05, 0.1) is 13.3 Å². The van der Waals surface area contributed by atoms with Gasteiger partial charge in [0.25, 0.3) is 0 Å². The van der Waals surface area contributed by atoms with E-state index in [0.29, 0.717) is 35.0 Å². The summed E-state index contributed by atoms with van der Waals surface area (Å²) in [6.45, 7) is 0.389. The molecule has 1 heterocycles. The Morgan fingerprint density at radius 3 is 1.93 bits per heavy atom. The lowest BCUT2D eigenvalue weighted by molar-refractivity contribution is 0.284. The van der Waals surface area contributed by atoms with Crippen LogP contribution >= 0.6 is 11.6 Å². The zero-order chi connectivity index (χ0) is 27.6. The summed E-state index contributed by atoms with van der Waals surface area (Å²) in [7, 11) is 1.59. The Balaban J connectivity index is 1.29. The van der Waals surface area contributed by atoms with E-state index in [0.717, 1.165) is 22.5 Å². The molecule has 0 spiro atoms. The molecule has 0 aliphatic heterocycles. The van der Waals surface area contributed by atoms with Crippen molar-refractivity contribution in [2.24, 2.45) is 5.10 Å². The summed E-state index contributed by atoms with van der Waals surface area (Å²) in [6.07, 6.45) is 1.64. The molecule has 0 aliphatic carbocycles. The largest absolute Gasteiger partial charge is 0.493 e. The van der Waals surface area contributed by atoms with Crippen molar-refractivity contribution in [1.29, 1.82) is 0 Å². The molecule has 3 N–H and O–H groups in total. The Hall–Kier alpha value is -5.15. The van der Waals surface area contributed by atoms with E-state index in [4.69, 9.17) is 21.1 Å². The van der Waals surface area contributed by atoms with Crippen molar-refractivity contribution in [3.8, 4) is 11.5 Å². The van der Waals surface area contributed by atoms with Gasteiger partial charge in [0.2, 0.25) is 17.8 Å². The van der Waals surface area contributed by atoms with E-state index in [1.807, 2.05) is 103 Å². The van der Waals surface area contributed by atoms with Gasteiger partial charge in [-0.25, -0.2) is 5.43 Å². The third kappa shape index (κ3) is 7.46. The fourth-order valence-electron chi connectivity index (χ4n) is 3.63. The maximum Gasteiger partial charge on any atom is 0.250 e. The average Bonchev–Trinajstić information content (AvgIpc) is 2.98. The average molecular weight is 552 g/mol. The first-order valence-electron chi connectivity index (χ1n) is 12.4. The van der Waals surface area contributed by atoms with Crippen LogP contribution in [0.4, 0.5) is 29.2 Å². The summed E-state index contributed by atoms with van der Waals surface area (Å²) < 4.78 is 11.5. The van der Waals surface area contributed by atoms with E-state index in [1.165, 1.54) is 0 Å². The molecule has 0 saturated heterocycles. The molecule has 10 heteroatoms. The lowest BCUT2D eigenvalue weighted by Gasteiger charge is -2.11. The van der Waals surface area contributed by atoms with Gasteiger partial charge in [-0.1, -0.05) is 60.1 Å². The Labute approximate surface area is 236 Å². The molecular weight excluding hydrogens is 526 g/mol. The quantitative estimate of drug-likeness (QED) is 0.118. The summed E-state index contributed by atoms with van der Waals surface area (Å²) in [6, 6.07) is 32.4. The van der Waals surface area contributed by atoms with E-state index in [9.17, 15) is 0 Å². The van der Waals surface area contributed by atoms with Crippen molar-refractivity contribution in [2.75, 3.05) is 23.2 Å². The van der Waals surface area contributed by atoms with Crippen LogP contribution in [0.2, 0.25) is 5.02 Å². The van der Waals surface area contributed by atoms with Crippen LogP contribution in [0.3, 0.4) is 0 Å². The molecule has 1 aromatic heterocycles. The molecule has 0 amide bonds. The zero-order valence-corrected chi connectivity index (χ0v) is 22.3. The Kier molecular flexibility index (Phi) is 8.65. The molecule has 200 valence electrons. The molecule has 0 fully saturated rings. The van der Waals surface area contributed by atoms with Crippen molar-refractivity contribution in [3.63, 3.8) is 0 Å². The lowest BCUT2D eigenvalue weighted by Crippen LogP contribution is -2.07. The van der Waals surface area contributed by atoms with Crippen LogP contribution in [0.5, 0.6) is 11.5 Å². The first-order valence-corrected chi connectivity index (χ1v) is 12.8. The normalized spacial score (nSPS) is 10.8. The number of para-hydroxylation sites is 2. The number of nitrogens with one attached hydrogen (secondary N) is 3. The molecule has 0 radical (unpaired) electrons. The molecule has 0 unspecified atom stereocenters. The van der Waals surface area contributed by atoms with Crippen molar-refractivity contribution >= 4 is 47.0 Å². The number of anilines is 5. The number of ether oxygens (including phenoxy) is 2. The van der Waals surface area contributed by atoms with Gasteiger partial charge in [-0.05, 0) is 65.7 Å². The zero-order valence-electron chi connectivity index (χ0n) is 21.6. The van der Waals surface area contributed by atoms with Gasteiger partial charge in [-0.2, -0.15) is 20.1 Å². The molecule has 40 heavy (non-hydrogen) atoms. The number of hydrazone groups is 1. The fraction of sp³-hybridized carbons (Fsp3) is 0.0667. The van der Waals surface area contributed by atoms with Crippen LogP contribution in [0, 0.1) is 0 Å². The first-order chi connectivity index (χ1) is 19.6. The molecule has 4 aromatic carbocycles. The number of halogens is 1. The maximum atomic E-state index is 5.96. The van der Waals surface area contributed by atoms with Crippen LogP contribution in [0.1, 0.15) is 11.1 Å². The smallest absolute Gasteiger partial charge is 0.250 e. The van der Waals surface area contributed by atoms with Gasteiger partial charge < -0.3 is 20.1 Å². The second kappa shape index (κ2) is 13.1. The van der Waals surface area contributed by atoms with Crippen molar-refractivity contribution in [1.82, 2.24) is 15.0 Å². The topological polar surface area (TPSA) is 106 Å². The van der Waals surface area contributed by atoms with E-state index >= 15 is 0 Å². The standard InChI is InChI=1S/C30H26ClN7O2/c1-39-27-18-22(14-17-26(27)40-20-21-12-15-23(31)16-13-21)19-32-38-30-36-28(33-24-8-4-2-5-9-24)35-29(37-30)34-25-10-6-3-7-11-25/h2-19H,20H2,1H3,(H3,33,34,35,36,37,38)/b32-19-. The third-order valence-electron chi connectivity index (χ3n) is 5.57. The summed E-state index contributed by atoms with van der Waals surface area (Å²) >= 11 is 5.96. The van der Waals surface area contributed by atoms with Gasteiger partial charge >= 0.3 is 0 Å². The van der Waals surface area contributed by atoms with Crippen LogP contribution < -0.4 is 25.5 Å². The second-order valence-corrected chi connectivity index (χ2v) is 8.92. The second-order valence-electron chi connectivity index (χ2n) is 8.48. The Bertz CT molecular complexity index is 1510. The van der Waals surface area contributed by atoms with E-state index in [2.05, 4.69) is 36.1 Å². The Morgan fingerprint density at radius 1 is 0.725 bits per heavy atom. The molecular formula is C30H26ClN7O2. The van der Waals surface area contributed by atoms with Crippen molar-refractivity contribution in [3.05, 3.63) is 119 Å². The summed E-state index contributed by atoms with van der Waals surface area (Å²) in [4.78, 5) is 13.4. The van der Waals surface area contributed by atoms with Gasteiger partial charge in [0.15, 0.2) is 11.5 Å². The number of aromatic nitrogens is 3. The highest BCUT2D eigenvalue weighted by Crippen LogP contribution is 2.28. The minimum atomic E-state index is 0.262. The van der Waals surface area contributed by atoms with Crippen LogP contribution in [-0.4, -0.2) is 28.3 Å². The van der Waals surface area contributed by atoms with Crippen molar-refractivity contribution in [2.45, 2.75) is 6.61 Å². The number of hydrogen-bond donors (Lipinski definition) is 3. The number of hydrogen-bond acceptors (Lipinski definition) is 9. The highest BCUT2D eigenvalue weighted by molar-refractivity contribution is 6.30. The summed E-state index contributed by atoms with van der Waals surface area (Å²) in [5.41, 5.74) is 6.38. The predicted molar refractivity (Wildman–Crippen MR) is 159 cm³/mol. The lowest BCUT2D eigenvalue weighted by atomic mass is 10.2. The summed E-state index contributed by atoms with van der Waals surface area (Å²) in [5.74, 6) is 2.19. The first kappa shape index (κ1) is 26.5. The predicted octanol–water partition coefficient (Wildman–Crippen LogP) is 7.05. The van der Waals surface area contributed by atoms with E-state index in [-0.39, 0.29) is 5.95 Å². The molecule has 0 atom stereocenters. The van der Waals surface area contributed by atoms with Gasteiger partial charge in [0.1, 0.15) is 6.61 Å². The van der Waals surface area contributed by atoms with Crippen LogP contribution in [-0.2, 0) is 6.61 Å². The van der Waals surface area contributed by atoms with Crippen LogP contribution in [0.25, 0.3) is 0 Å². The maximum absolute atomic E-state index is 5.96. The number of methoxy groups -OCH3 is 1. The minimum absolute atomic E-state index is 0.262. The number of benzene rings is 4. The van der Waals surface area contributed by atoms with Gasteiger partial charge in [-0.15, -0.1) is 0 Å². The Morgan fingerprint density at radius 2 is 1.32 bits per heavy atom. The third-order valence-corrected chi connectivity index (χ3v) is 5.82. The molecule has 0 saturated carbocycles. The molecule has 0 bridgehead atoms. The monoisotopic (exact) mass is 551 g/mol. The van der Waals surface area contributed by atoms with E-state index in [1.54, 1.807) is 13.3 Å². The highest BCUT2D eigenvalue weighted by Gasteiger charge is 2.09. The van der Waals surface area contributed by atoms with Crippen molar-refractivity contribution < 1.29 is 9.47 Å².